The van der Waals surface area contributed by atoms with Crippen molar-refractivity contribution in [3.63, 3.8) is 0 Å². The topological polar surface area (TPSA) is 111 Å². The van der Waals surface area contributed by atoms with Crippen molar-refractivity contribution in [2.75, 3.05) is 19.6 Å². The van der Waals surface area contributed by atoms with Crippen LogP contribution in [0.3, 0.4) is 0 Å². The van der Waals surface area contributed by atoms with Gasteiger partial charge in [0.25, 0.3) is 5.78 Å². The van der Waals surface area contributed by atoms with Gasteiger partial charge in [-0.1, -0.05) is 6.58 Å². The van der Waals surface area contributed by atoms with E-state index in [2.05, 4.69) is 22.5 Å². The number of carbonyl (C=O) groups is 3. The van der Waals surface area contributed by atoms with E-state index in [1.54, 1.807) is 0 Å². The number of ketones is 1. The molecular weight excluding hydrogens is 212 g/mol. The maximum Gasteiger partial charge on any atom is 0.250 e. The van der Waals surface area contributed by atoms with E-state index in [9.17, 15) is 14.4 Å². The Morgan fingerprint density at radius 1 is 1.25 bits per heavy atom. The molecule has 0 fully saturated rings. The standard InChI is InChI=1S/C9H12N4O3/c1-7(3-11-6-14)12-5-9(16)13-4-8(15)2-10/h6,12H,1,3-5H2,(H,11,14)(H,13,16). The quantitative estimate of drug-likeness (QED) is 0.327. The fourth-order valence-electron chi connectivity index (χ4n) is 0.714. The molecular formula is C9H12N4O3. The zero-order valence-electron chi connectivity index (χ0n) is 8.58. The summed E-state index contributed by atoms with van der Waals surface area (Å²) in [7, 11) is 0. The Morgan fingerprint density at radius 3 is 2.50 bits per heavy atom. The predicted molar refractivity (Wildman–Crippen MR) is 54.8 cm³/mol. The first-order valence-corrected chi connectivity index (χ1v) is 4.38. The van der Waals surface area contributed by atoms with Gasteiger partial charge in [-0.2, -0.15) is 5.26 Å². The second kappa shape index (κ2) is 7.99. The molecule has 7 nitrogen and oxygen atoms in total. The molecule has 0 aliphatic heterocycles. The van der Waals surface area contributed by atoms with E-state index in [-0.39, 0.29) is 19.6 Å². The van der Waals surface area contributed by atoms with Gasteiger partial charge in [0, 0.05) is 5.70 Å². The molecule has 2 amide bonds. The van der Waals surface area contributed by atoms with Crippen LogP contribution in [0.4, 0.5) is 0 Å². The Hall–Kier alpha value is -2.36. The minimum atomic E-state index is -0.713. The van der Waals surface area contributed by atoms with Gasteiger partial charge < -0.3 is 16.0 Å². The predicted octanol–water partition coefficient (Wildman–Crippen LogP) is -1.96. The van der Waals surface area contributed by atoms with E-state index in [0.717, 1.165) is 0 Å². The van der Waals surface area contributed by atoms with Gasteiger partial charge >= 0.3 is 0 Å². The highest BCUT2D eigenvalue weighted by Gasteiger charge is 2.04. The Balaban J connectivity index is 3.65. The van der Waals surface area contributed by atoms with Crippen LogP contribution in [-0.2, 0) is 14.4 Å². The Bertz CT molecular complexity index is 332. The second-order valence-corrected chi connectivity index (χ2v) is 2.77. The van der Waals surface area contributed by atoms with Gasteiger partial charge in [0.1, 0.15) is 6.07 Å². The molecule has 0 aliphatic rings. The van der Waals surface area contributed by atoms with E-state index >= 15 is 0 Å². The van der Waals surface area contributed by atoms with E-state index in [1.807, 2.05) is 0 Å². The summed E-state index contributed by atoms with van der Waals surface area (Å²) in [5.41, 5.74) is 0.467. The summed E-state index contributed by atoms with van der Waals surface area (Å²) in [6, 6.07) is 1.37. The van der Waals surface area contributed by atoms with Crippen molar-refractivity contribution < 1.29 is 14.4 Å². The molecule has 3 N–H and O–H groups in total. The van der Waals surface area contributed by atoms with Crippen LogP contribution in [-0.4, -0.2) is 37.7 Å². The van der Waals surface area contributed by atoms with E-state index < -0.39 is 11.7 Å². The highest BCUT2D eigenvalue weighted by molar-refractivity contribution is 5.97. The highest BCUT2D eigenvalue weighted by atomic mass is 16.2. The molecule has 86 valence electrons. The second-order valence-electron chi connectivity index (χ2n) is 2.77. The van der Waals surface area contributed by atoms with Crippen LogP contribution in [0.15, 0.2) is 12.3 Å². The van der Waals surface area contributed by atoms with Crippen molar-refractivity contribution in [3.05, 3.63) is 12.3 Å². The van der Waals surface area contributed by atoms with Crippen molar-refractivity contribution in [2.24, 2.45) is 0 Å². The third-order valence-corrected chi connectivity index (χ3v) is 1.47. The van der Waals surface area contributed by atoms with Crippen LogP contribution in [0, 0.1) is 11.3 Å². The number of hydrogen-bond donors (Lipinski definition) is 3. The van der Waals surface area contributed by atoms with Crippen molar-refractivity contribution in [1.82, 2.24) is 16.0 Å². The summed E-state index contributed by atoms with van der Waals surface area (Å²) in [4.78, 5) is 31.5. The van der Waals surface area contributed by atoms with Crippen LogP contribution in [0.1, 0.15) is 0 Å². The van der Waals surface area contributed by atoms with E-state index in [0.29, 0.717) is 12.1 Å². The zero-order chi connectivity index (χ0) is 12.4. The number of hydrogen-bond acceptors (Lipinski definition) is 5. The Morgan fingerprint density at radius 2 is 1.94 bits per heavy atom. The molecule has 0 spiro atoms. The minimum Gasteiger partial charge on any atom is -0.379 e. The van der Waals surface area contributed by atoms with Gasteiger partial charge in [-0.15, -0.1) is 0 Å². The molecule has 0 unspecified atom stereocenters. The monoisotopic (exact) mass is 224 g/mol. The van der Waals surface area contributed by atoms with Crippen LogP contribution in [0.5, 0.6) is 0 Å². The molecule has 0 bridgehead atoms. The summed E-state index contributed by atoms with van der Waals surface area (Å²) in [6.07, 6.45) is 0.512. The zero-order valence-corrected chi connectivity index (χ0v) is 8.58. The van der Waals surface area contributed by atoms with Crippen LogP contribution < -0.4 is 16.0 Å². The third kappa shape index (κ3) is 7.08. The van der Waals surface area contributed by atoms with E-state index in [1.165, 1.54) is 6.07 Å². The number of nitrogens with zero attached hydrogens (tertiary/aromatic N) is 1. The fraction of sp³-hybridized carbons (Fsp3) is 0.333. The smallest absolute Gasteiger partial charge is 0.250 e. The van der Waals surface area contributed by atoms with Gasteiger partial charge in [-0.3, -0.25) is 14.4 Å². The normalized spacial score (nSPS) is 8.44. The fourth-order valence-corrected chi connectivity index (χ4v) is 0.714. The first-order chi connectivity index (χ1) is 7.60. The molecule has 7 heteroatoms. The molecule has 0 saturated carbocycles. The number of nitrogens with one attached hydrogen (secondary N) is 3. The third-order valence-electron chi connectivity index (χ3n) is 1.47. The first kappa shape index (κ1) is 13.6. The summed E-state index contributed by atoms with van der Waals surface area (Å²) in [5.74, 6) is -1.15. The molecule has 0 heterocycles. The summed E-state index contributed by atoms with van der Waals surface area (Å²) >= 11 is 0. The number of amides is 2. The average Bonchev–Trinajstić information content (AvgIpc) is 2.30. The lowest BCUT2D eigenvalue weighted by Crippen LogP contribution is -2.37. The Labute approximate surface area is 92.5 Å². The molecule has 0 aliphatic carbocycles. The lowest BCUT2D eigenvalue weighted by molar-refractivity contribution is -0.122. The van der Waals surface area contributed by atoms with Crippen molar-refractivity contribution >= 4 is 18.1 Å². The lowest BCUT2D eigenvalue weighted by Gasteiger charge is -2.08. The van der Waals surface area contributed by atoms with Gasteiger partial charge in [0.15, 0.2) is 0 Å². The number of rotatable bonds is 8. The lowest BCUT2D eigenvalue weighted by atomic mass is 10.4. The maximum atomic E-state index is 11.1. The molecule has 0 radical (unpaired) electrons. The molecule has 0 rings (SSSR count). The minimum absolute atomic E-state index is 0.0714. The van der Waals surface area contributed by atoms with Crippen LogP contribution in [0.25, 0.3) is 0 Å². The number of carbonyl (C=O) groups excluding carboxylic acids is 3. The van der Waals surface area contributed by atoms with Gasteiger partial charge in [-0.05, 0) is 0 Å². The first-order valence-electron chi connectivity index (χ1n) is 4.38. The molecule has 0 aromatic heterocycles. The molecule has 0 aromatic carbocycles. The van der Waals surface area contributed by atoms with Crippen LogP contribution >= 0.6 is 0 Å². The molecule has 16 heavy (non-hydrogen) atoms. The highest BCUT2D eigenvalue weighted by Crippen LogP contribution is 1.78. The Kier molecular flexibility index (Phi) is 6.81. The summed E-state index contributed by atoms with van der Waals surface area (Å²) in [6.45, 7) is 3.38. The molecule has 0 saturated heterocycles. The van der Waals surface area contributed by atoms with Gasteiger partial charge in [0.05, 0.1) is 19.6 Å². The van der Waals surface area contributed by atoms with Crippen molar-refractivity contribution in [2.45, 2.75) is 0 Å². The largest absolute Gasteiger partial charge is 0.379 e. The van der Waals surface area contributed by atoms with Gasteiger partial charge in [-0.25, -0.2) is 0 Å². The van der Waals surface area contributed by atoms with Crippen molar-refractivity contribution in [3.8, 4) is 6.07 Å². The average molecular weight is 224 g/mol. The SMILES string of the molecule is C=C(CNC=O)NCC(=O)NCC(=O)C#N. The number of Topliss-reactive ketones (excluding diaryl/α,β-unsaturated/α-hetero) is 1. The summed E-state index contributed by atoms with van der Waals surface area (Å²) < 4.78 is 0. The van der Waals surface area contributed by atoms with Crippen LogP contribution in [0.2, 0.25) is 0 Å². The maximum absolute atomic E-state index is 11.1. The summed E-state index contributed by atoms with van der Waals surface area (Å²) in [5, 5.41) is 15.4. The van der Waals surface area contributed by atoms with E-state index in [4.69, 9.17) is 5.26 Å². The number of nitriles is 1. The molecule has 0 atom stereocenters. The molecule has 0 aromatic rings. The van der Waals surface area contributed by atoms with Gasteiger partial charge in [0.2, 0.25) is 12.3 Å². The van der Waals surface area contributed by atoms with Crippen molar-refractivity contribution in [1.29, 1.82) is 5.26 Å².